The summed E-state index contributed by atoms with van der Waals surface area (Å²) in [4.78, 5) is 36.6. The second-order valence-corrected chi connectivity index (χ2v) is 7.89. The van der Waals surface area contributed by atoms with Crippen molar-refractivity contribution in [2.75, 3.05) is 14.2 Å². The van der Waals surface area contributed by atoms with E-state index in [1.165, 1.54) is 6.92 Å². The van der Waals surface area contributed by atoms with Crippen LogP contribution >= 0.6 is 0 Å². The molecule has 2 N–H and O–H groups in total. The Morgan fingerprint density at radius 3 is 2.22 bits per heavy atom. The number of benzene rings is 2. The standard InChI is InChI=1S/C24H27NO7/c1-14-12-20(26)24(2,32-14)23(29)25-17(22(27)28)13-15-8-10-16(11-9-15)21-18(30-3)6-5-7-19(21)31-4/h5-11,14,17H,12-13H2,1-4H3,(H,25,29)(H,27,28)/t14?,17-,24?/m0/s1. The first-order valence-electron chi connectivity index (χ1n) is 10.2. The molecule has 0 radical (unpaired) electrons. The summed E-state index contributed by atoms with van der Waals surface area (Å²) in [6, 6.07) is 11.5. The van der Waals surface area contributed by atoms with E-state index in [2.05, 4.69) is 5.32 Å². The van der Waals surface area contributed by atoms with E-state index in [-0.39, 0.29) is 24.7 Å². The van der Waals surface area contributed by atoms with E-state index in [0.717, 1.165) is 11.1 Å². The summed E-state index contributed by atoms with van der Waals surface area (Å²) in [6.45, 7) is 3.08. The van der Waals surface area contributed by atoms with Gasteiger partial charge in [-0.3, -0.25) is 9.59 Å². The minimum absolute atomic E-state index is 0.0459. The van der Waals surface area contributed by atoms with E-state index in [0.29, 0.717) is 17.1 Å². The van der Waals surface area contributed by atoms with Gasteiger partial charge in [-0.2, -0.15) is 0 Å². The number of carboxylic acids is 1. The number of amides is 1. The van der Waals surface area contributed by atoms with Gasteiger partial charge in [-0.15, -0.1) is 0 Å². The van der Waals surface area contributed by atoms with Gasteiger partial charge in [0.15, 0.2) is 5.78 Å². The Bertz CT molecular complexity index is 995. The molecule has 2 aromatic carbocycles. The molecule has 0 saturated carbocycles. The third-order valence-corrected chi connectivity index (χ3v) is 5.59. The number of hydrogen-bond donors (Lipinski definition) is 2. The smallest absolute Gasteiger partial charge is 0.326 e. The molecule has 0 bridgehead atoms. The number of ketones is 1. The molecule has 1 saturated heterocycles. The predicted octanol–water partition coefficient (Wildman–Crippen LogP) is 2.62. The van der Waals surface area contributed by atoms with Crippen molar-refractivity contribution in [3.63, 3.8) is 0 Å². The lowest BCUT2D eigenvalue weighted by Gasteiger charge is -2.24. The number of nitrogens with one attached hydrogen (secondary N) is 1. The van der Waals surface area contributed by atoms with E-state index in [1.807, 2.05) is 30.3 Å². The van der Waals surface area contributed by atoms with Gasteiger partial charge in [0.1, 0.15) is 17.5 Å². The number of aliphatic carboxylic acids is 1. The number of methoxy groups -OCH3 is 2. The summed E-state index contributed by atoms with van der Waals surface area (Å²) in [5, 5.41) is 12.1. The maximum atomic E-state index is 12.7. The van der Waals surface area contributed by atoms with Gasteiger partial charge >= 0.3 is 5.97 Å². The normalized spacial score (nSPS) is 21.1. The molecular formula is C24H27NO7. The van der Waals surface area contributed by atoms with Gasteiger partial charge in [0, 0.05) is 12.8 Å². The van der Waals surface area contributed by atoms with Crippen LogP contribution in [-0.2, 0) is 25.5 Å². The molecular weight excluding hydrogens is 414 g/mol. The Morgan fingerprint density at radius 2 is 1.75 bits per heavy atom. The molecule has 1 amide bonds. The van der Waals surface area contributed by atoms with Gasteiger partial charge in [-0.05, 0) is 37.1 Å². The van der Waals surface area contributed by atoms with Gasteiger partial charge in [-0.25, -0.2) is 4.79 Å². The van der Waals surface area contributed by atoms with E-state index >= 15 is 0 Å². The van der Waals surface area contributed by atoms with Gasteiger partial charge in [-0.1, -0.05) is 30.3 Å². The highest BCUT2D eigenvalue weighted by molar-refractivity contribution is 6.11. The molecule has 2 unspecified atom stereocenters. The Hall–Kier alpha value is -3.39. The second kappa shape index (κ2) is 9.40. The fourth-order valence-corrected chi connectivity index (χ4v) is 3.82. The van der Waals surface area contributed by atoms with Crippen molar-refractivity contribution in [3.8, 4) is 22.6 Å². The van der Waals surface area contributed by atoms with Crippen LogP contribution in [0.4, 0.5) is 0 Å². The van der Waals surface area contributed by atoms with Crippen LogP contribution in [0.2, 0.25) is 0 Å². The molecule has 8 heteroatoms. The molecule has 1 heterocycles. The number of carboxylic acid groups (broad SMARTS) is 1. The molecule has 0 aromatic heterocycles. The van der Waals surface area contributed by atoms with Crippen molar-refractivity contribution >= 4 is 17.7 Å². The summed E-state index contributed by atoms with van der Waals surface area (Å²) < 4.78 is 16.4. The van der Waals surface area contributed by atoms with Crippen molar-refractivity contribution in [1.29, 1.82) is 0 Å². The quantitative estimate of drug-likeness (QED) is 0.606. The number of Topliss-reactive ketones (excluding diaryl/α,β-unsaturated/α-hetero) is 1. The molecule has 3 atom stereocenters. The van der Waals surface area contributed by atoms with Crippen LogP contribution in [0.3, 0.4) is 0 Å². The van der Waals surface area contributed by atoms with Crippen LogP contribution < -0.4 is 14.8 Å². The fourth-order valence-electron chi connectivity index (χ4n) is 3.82. The minimum Gasteiger partial charge on any atom is -0.496 e. The summed E-state index contributed by atoms with van der Waals surface area (Å²) in [7, 11) is 3.15. The Labute approximate surface area is 186 Å². The van der Waals surface area contributed by atoms with Crippen molar-refractivity contribution < 1.29 is 33.7 Å². The largest absolute Gasteiger partial charge is 0.496 e. The third-order valence-electron chi connectivity index (χ3n) is 5.59. The maximum Gasteiger partial charge on any atom is 0.326 e. The van der Waals surface area contributed by atoms with E-state index in [9.17, 15) is 19.5 Å². The van der Waals surface area contributed by atoms with E-state index in [1.54, 1.807) is 33.3 Å². The molecule has 0 aliphatic carbocycles. The lowest BCUT2D eigenvalue weighted by molar-refractivity contribution is -0.154. The van der Waals surface area contributed by atoms with Gasteiger partial charge < -0.3 is 24.6 Å². The topological polar surface area (TPSA) is 111 Å². The lowest BCUT2D eigenvalue weighted by Crippen LogP contribution is -2.54. The highest BCUT2D eigenvalue weighted by Crippen LogP contribution is 2.38. The van der Waals surface area contributed by atoms with Crippen molar-refractivity contribution in [3.05, 3.63) is 48.0 Å². The maximum absolute atomic E-state index is 12.7. The molecule has 1 aliphatic rings. The average molecular weight is 441 g/mol. The predicted molar refractivity (Wildman–Crippen MR) is 117 cm³/mol. The average Bonchev–Trinajstić information content (AvgIpc) is 3.05. The molecule has 3 rings (SSSR count). The van der Waals surface area contributed by atoms with Gasteiger partial charge in [0.05, 0.1) is 25.9 Å². The van der Waals surface area contributed by atoms with Gasteiger partial charge in [0.25, 0.3) is 5.91 Å². The van der Waals surface area contributed by atoms with E-state index in [4.69, 9.17) is 14.2 Å². The van der Waals surface area contributed by atoms with Crippen molar-refractivity contribution in [2.45, 2.75) is 44.4 Å². The first-order valence-corrected chi connectivity index (χ1v) is 10.2. The first-order chi connectivity index (χ1) is 15.2. The highest BCUT2D eigenvalue weighted by atomic mass is 16.5. The van der Waals surface area contributed by atoms with E-state index < -0.39 is 23.5 Å². The van der Waals surface area contributed by atoms with Crippen LogP contribution in [0.15, 0.2) is 42.5 Å². The van der Waals surface area contributed by atoms with Crippen LogP contribution in [-0.4, -0.2) is 54.7 Å². The molecule has 8 nitrogen and oxygen atoms in total. The number of hydrogen-bond acceptors (Lipinski definition) is 6. The summed E-state index contributed by atoms with van der Waals surface area (Å²) >= 11 is 0. The molecule has 1 fully saturated rings. The van der Waals surface area contributed by atoms with Crippen LogP contribution in [0, 0.1) is 0 Å². The SMILES string of the molecule is COc1cccc(OC)c1-c1ccc(C[C@H](NC(=O)C2(C)OC(C)CC2=O)C(=O)O)cc1. The van der Waals surface area contributed by atoms with Crippen LogP contribution in [0.25, 0.3) is 11.1 Å². The minimum atomic E-state index is -1.67. The molecule has 2 aromatic rings. The third kappa shape index (κ3) is 4.60. The molecule has 170 valence electrons. The summed E-state index contributed by atoms with van der Waals surface area (Å²) in [5.41, 5.74) is 0.654. The first kappa shape index (κ1) is 23.3. The number of rotatable bonds is 8. The molecule has 0 spiro atoms. The Kier molecular flexibility index (Phi) is 6.84. The summed E-state index contributed by atoms with van der Waals surface area (Å²) in [6.07, 6.45) is -0.221. The van der Waals surface area contributed by atoms with Crippen LogP contribution in [0.1, 0.15) is 25.8 Å². The second-order valence-electron chi connectivity index (χ2n) is 7.89. The number of carbonyl (C=O) groups excluding carboxylic acids is 2. The molecule has 32 heavy (non-hydrogen) atoms. The fraction of sp³-hybridized carbons (Fsp3) is 0.375. The Balaban J connectivity index is 1.78. The zero-order valence-corrected chi connectivity index (χ0v) is 18.5. The highest BCUT2D eigenvalue weighted by Gasteiger charge is 2.49. The van der Waals surface area contributed by atoms with Crippen LogP contribution in [0.5, 0.6) is 11.5 Å². The zero-order valence-electron chi connectivity index (χ0n) is 18.5. The van der Waals surface area contributed by atoms with Crippen molar-refractivity contribution in [2.24, 2.45) is 0 Å². The monoisotopic (exact) mass is 441 g/mol. The van der Waals surface area contributed by atoms with Crippen molar-refractivity contribution in [1.82, 2.24) is 5.32 Å². The number of ether oxygens (including phenoxy) is 3. The Morgan fingerprint density at radius 1 is 1.16 bits per heavy atom. The molecule has 1 aliphatic heterocycles. The number of carbonyl (C=O) groups is 3. The van der Waals surface area contributed by atoms with Gasteiger partial charge in [0.2, 0.25) is 5.60 Å². The zero-order chi connectivity index (χ0) is 23.5. The summed E-state index contributed by atoms with van der Waals surface area (Å²) in [5.74, 6) is -1.000. The lowest BCUT2D eigenvalue weighted by atomic mass is 9.97.